The first kappa shape index (κ1) is 10.2. The van der Waals surface area contributed by atoms with Gasteiger partial charge in [-0.1, -0.05) is 0 Å². The lowest BCUT2D eigenvalue weighted by atomic mass is 10.0. The standard InChI is InChI=1S/C8H10BrNO3S/c9-7-5-10-8(13-7)6-1-3-14(11,12)4-2-6/h5-6H,1-4H2. The molecule has 0 amide bonds. The Hall–Kier alpha value is -0.360. The maximum absolute atomic E-state index is 11.2. The third-order valence-electron chi connectivity index (χ3n) is 2.40. The number of halogens is 1. The Morgan fingerprint density at radius 1 is 1.43 bits per heavy atom. The highest BCUT2D eigenvalue weighted by molar-refractivity contribution is 9.10. The molecule has 1 aromatic rings. The van der Waals surface area contributed by atoms with Crippen molar-refractivity contribution in [2.75, 3.05) is 11.5 Å². The molecule has 4 nitrogen and oxygen atoms in total. The van der Waals surface area contributed by atoms with E-state index in [1.165, 1.54) is 0 Å². The molecule has 0 saturated carbocycles. The van der Waals surface area contributed by atoms with Crippen molar-refractivity contribution in [2.45, 2.75) is 18.8 Å². The number of aromatic nitrogens is 1. The van der Waals surface area contributed by atoms with Gasteiger partial charge in [-0.15, -0.1) is 0 Å². The highest BCUT2D eigenvalue weighted by Gasteiger charge is 2.27. The van der Waals surface area contributed by atoms with Crippen molar-refractivity contribution in [1.29, 1.82) is 0 Å². The van der Waals surface area contributed by atoms with Gasteiger partial charge in [-0.05, 0) is 28.8 Å². The minimum atomic E-state index is -2.80. The molecule has 1 fully saturated rings. The van der Waals surface area contributed by atoms with Crippen LogP contribution in [0.15, 0.2) is 15.3 Å². The van der Waals surface area contributed by atoms with Crippen molar-refractivity contribution >= 4 is 25.8 Å². The van der Waals surface area contributed by atoms with E-state index in [9.17, 15) is 8.42 Å². The van der Waals surface area contributed by atoms with Crippen LogP contribution in [0.1, 0.15) is 24.7 Å². The Balaban J connectivity index is 2.09. The Labute approximate surface area is 90.8 Å². The Kier molecular flexibility index (Phi) is 2.66. The van der Waals surface area contributed by atoms with E-state index in [2.05, 4.69) is 20.9 Å². The summed E-state index contributed by atoms with van der Waals surface area (Å²) in [6, 6.07) is 0. The van der Waals surface area contributed by atoms with Crippen LogP contribution in [0.2, 0.25) is 0 Å². The molecule has 0 N–H and O–H groups in total. The molecule has 0 unspecified atom stereocenters. The number of sulfone groups is 1. The number of oxazole rings is 1. The molecule has 2 rings (SSSR count). The van der Waals surface area contributed by atoms with Crippen molar-refractivity contribution < 1.29 is 12.8 Å². The molecule has 0 radical (unpaired) electrons. The molecule has 1 aromatic heterocycles. The number of hydrogen-bond donors (Lipinski definition) is 0. The summed E-state index contributed by atoms with van der Waals surface area (Å²) in [6.07, 6.45) is 2.84. The molecular weight excluding hydrogens is 270 g/mol. The lowest BCUT2D eigenvalue weighted by molar-refractivity contribution is 0.411. The Bertz CT molecular complexity index is 412. The minimum Gasteiger partial charge on any atom is -0.434 e. The van der Waals surface area contributed by atoms with Crippen molar-refractivity contribution in [3.63, 3.8) is 0 Å². The average Bonchev–Trinajstić information content (AvgIpc) is 2.52. The van der Waals surface area contributed by atoms with E-state index in [0.29, 0.717) is 23.4 Å². The van der Waals surface area contributed by atoms with Crippen LogP contribution < -0.4 is 0 Å². The third kappa shape index (κ3) is 2.17. The first-order valence-corrected chi connectivity index (χ1v) is 7.00. The normalized spacial score (nSPS) is 22.4. The van der Waals surface area contributed by atoms with Gasteiger partial charge in [0.1, 0.15) is 9.84 Å². The number of hydrogen-bond acceptors (Lipinski definition) is 4. The number of nitrogens with zero attached hydrogens (tertiary/aromatic N) is 1. The molecule has 0 aromatic carbocycles. The summed E-state index contributed by atoms with van der Waals surface area (Å²) >= 11 is 3.17. The van der Waals surface area contributed by atoms with E-state index in [1.54, 1.807) is 6.20 Å². The van der Waals surface area contributed by atoms with Crippen LogP contribution in [0.5, 0.6) is 0 Å². The van der Waals surface area contributed by atoms with E-state index >= 15 is 0 Å². The molecule has 0 bridgehead atoms. The third-order valence-corrected chi connectivity index (χ3v) is 4.48. The van der Waals surface area contributed by atoms with E-state index < -0.39 is 9.84 Å². The molecule has 0 aliphatic carbocycles. The lowest BCUT2D eigenvalue weighted by Gasteiger charge is -2.18. The van der Waals surface area contributed by atoms with Gasteiger partial charge >= 0.3 is 0 Å². The summed E-state index contributed by atoms with van der Waals surface area (Å²) in [4.78, 5) is 4.08. The van der Waals surface area contributed by atoms with Gasteiger partial charge in [-0.3, -0.25) is 0 Å². The van der Waals surface area contributed by atoms with Crippen molar-refractivity contribution in [3.8, 4) is 0 Å². The molecule has 1 saturated heterocycles. The van der Waals surface area contributed by atoms with E-state index in [1.807, 2.05) is 0 Å². The Morgan fingerprint density at radius 3 is 2.57 bits per heavy atom. The van der Waals surface area contributed by atoms with Crippen LogP contribution in [0.3, 0.4) is 0 Å². The molecule has 0 spiro atoms. The highest BCUT2D eigenvalue weighted by atomic mass is 79.9. The van der Waals surface area contributed by atoms with Crippen LogP contribution in [0, 0.1) is 0 Å². The zero-order valence-electron chi connectivity index (χ0n) is 7.44. The van der Waals surface area contributed by atoms with E-state index in [0.717, 1.165) is 0 Å². The van der Waals surface area contributed by atoms with Crippen molar-refractivity contribution in [1.82, 2.24) is 4.98 Å². The topological polar surface area (TPSA) is 60.2 Å². The quantitative estimate of drug-likeness (QED) is 0.786. The van der Waals surface area contributed by atoms with Crippen LogP contribution in [-0.2, 0) is 9.84 Å². The fraction of sp³-hybridized carbons (Fsp3) is 0.625. The van der Waals surface area contributed by atoms with Gasteiger partial charge in [-0.25, -0.2) is 13.4 Å². The maximum Gasteiger partial charge on any atom is 0.198 e. The fourth-order valence-electron chi connectivity index (χ4n) is 1.59. The molecule has 6 heteroatoms. The first-order valence-electron chi connectivity index (χ1n) is 4.38. The number of rotatable bonds is 1. The Morgan fingerprint density at radius 2 is 2.07 bits per heavy atom. The molecular formula is C8H10BrNO3S. The molecule has 2 heterocycles. The molecule has 78 valence electrons. The van der Waals surface area contributed by atoms with E-state index in [4.69, 9.17) is 4.42 Å². The zero-order valence-corrected chi connectivity index (χ0v) is 9.84. The summed E-state index contributed by atoms with van der Waals surface area (Å²) in [7, 11) is -2.80. The molecule has 14 heavy (non-hydrogen) atoms. The van der Waals surface area contributed by atoms with Crippen molar-refractivity contribution in [2.24, 2.45) is 0 Å². The maximum atomic E-state index is 11.2. The summed E-state index contributed by atoms with van der Waals surface area (Å²) in [5.74, 6) is 1.30. The molecule has 1 aliphatic heterocycles. The average molecular weight is 280 g/mol. The van der Waals surface area contributed by atoms with Crippen LogP contribution in [0.4, 0.5) is 0 Å². The summed E-state index contributed by atoms with van der Waals surface area (Å²) in [5.41, 5.74) is 0. The second kappa shape index (κ2) is 3.66. The smallest absolute Gasteiger partial charge is 0.198 e. The fourth-order valence-corrected chi connectivity index (χ4v) is 3.35. The predicted molar refractivity (Wildman–Crippen MR) is 54.8 cm³/mol. The summed E-state index contributed by atoms with van der Waals surface area (Å²) < 4.78 is 28.2. The van der Waals surface area contributed by atoms with Gasteiger partial charge in [0.2, 0.25) is 0 Å². The van der Waals surface area contributed by atoms with Gasteiger partial charge in [0.25, 0.3) is 0 Å². The molecule has 1 aliphatic rings. The van der Waals surface area contributed by atoms with Crippen molar-refractivity contribution in [3.05, 3.63) is 16.8 Å². The second-order valence-corrected chi connectivity index (χ2v) is 6.51. The van der Waals surface area contributed by atoms with Gasteiger partial charge in [0, 0.05) is 5.92 Å². The van der Waals surface area contributed by atoms with Gasteiger partial charge in [0.15, 0.2) is 10.6 Å². The van der Waals surface area contributed by atoms with E-state index in [-0.39, 0.29) is 17.4 Å². The minimum absolute atomic E-state index is 0.157. The summed E-state index contributed by atoms with van der Waals surface area (Å²) in [6.45, 7) is 0. The largest absolute Gasteiger partial charge is 0.434 e. The van der Waals surface area contributed by atoms with Crippen LogP contribution in [-0.4, -0.2) is 24.9 Å². The SMILES string of the molecule is O=S1(=O)CCC(c2ncc(Br)o2)CC1. The lowest BCUT2D eigenvalue weighted by Crippen LogP contribution is -2.22. The van der Waals surface area contributed by atoms with Crippen LogP contribution in [0.25, 0.3) is 0 Å². The zero-order chi connectivity index (χ0) is 10.2. The first-order chi connectivity index (χ1) is 6.57. The summed E-state index contributed by atoms with van der Waals surface area (Å²) in [5, 5.41) is 0. The molecule has 0 atom stereocenters. The van der Waals surface area contributed by atoms with Gasteiger partial charge < -0.3 is 4.42 Å². The van der Waals surface area contributed by atoms with Crippen LogP contribution >= 0.6 is 15.9 Å². The van der Waals surface area contributed by atoms with Gasteiger partial charge in [-0.2, -0.15) is 0 Å². The monoisotopic (exact) mass is 279 g/mol. The second-order valence-electron chi connectivity index (χ2n) is 3.43. The highest BCUT2D eigenvalue weighted by Crippen LogP contribution is 2.29. The predicted octanol–water partition coefficient (Wildman–Crippen LogP) is 1.73. The van der Waals surface area contributed by atoms with Gasteiger partial charge in [0.05, 0.1) is 17.7 Å².